The lowest BCUT2D eigenvalue weighted by Crippen LogP contribution is -2.40. The van der Waals surface area contributed by atoms with Gasteiger partial charge in [0.05, 0.1) is 7.11 Å². The van der Waals surface area contributed by atoms with E-state index < -0.39 is 0 Å². The maximum absolute atomic E-state index is 8.97. The van der Waals surface area contributed by atoms with Crippen molar-refractivity contribution in [2.24, 2.45) is 5.92 Å². The van der Waals surface area contributed by atoms with Crippen molar-refractivity contribution < 1.29 is 9.84 Å². The largest absolute Gasteiger partial charge is 0.497 e. The third kappa shape index (κ3) is 4.22. The van der Waals surface area contributed by atoms with E-state index in [-0.39, 0.29) is 0 Å². The van der Waals surface area contributed by atoms with Crippen molar-refractivity contribution in [3.8, 4) is 5.75 Å². The van der Waals surface area contributed by atoms with Gasteiger partial charge in [-0.25, -0.2) is 0 Å². The summed E-state index contributed by atoms with van der Waals surface area (Å²) >= 11 is 0. The minimum Gasteiger partial charge on any atom is -0.497 e. The molecule has 0 aliphatic heterocycles. The fraction of sp³-hybridized carbons (Fsp3) is 0.647. The molecule has 112 valence electrons. The van der Waals surface area contributed by atoms with Crippen LogP contribution in [-0.4, -0.2) is 31.4 Å². The van der Waals surface area contributed by atoms with E-state index in [1.165, 1.54) is 18.4 Å². The summed E-state index contributed by atoms with van der Waals surface area (Å²) in [6.07, 6.45) is 4.71. The molecule has 1 aliphatic carbocycles. The number of aliphatic hydroxyl groups excluding tert-OH is 1. The van der Waals surface area contributed by atoms with E-state index in [1.807, 2.05) is 6.07 Å². The molecule has 20 heavy (non-hydrogen) atoms. The zero-order valence-corrected chi connectivity index (χ0v) is 12.6. The summed E-state index contributed by atoms with van der Waals surface area (Å²) in [5.41, 5.74) is 1.40. The van der Waals surface area contributed by atoms with E-state index >= 15 is 0 Å². The van der Waals surface area contributed by atoms with Crippen molar-refractivity contribution >= 4 is 0 Å². The molecule has 1 aliphatic rings. The van der Waals surface area contributed by atoms with Gasteiger partial charge in [0, 0.05) is 12.6 Å². The molecule has 1 fully saturated rings. The lowest BCUT2D eigenvalue weighted by molar-refractivity contribution is 0.225. The second-order valence-electron chi connectivity index (χ2n) is 6.03. The summed E-state index contributed by atoms with van der Waals surface area (Å²) in [6, 6.07) is 9.09. The molecule has 1 unspecified atom stereocenters. The van der Waals surface area contributed by atoms with Crippen molar-refractivity contribution in [3.63, 3.8) is 0 Å². The molecule has 1 aromatic carbocycles. The molecule has 1 aromatic rings. The van der Waals surface area contributed by atoms with Crippen molar-refractivity contribution in [2.75, 3.05) is 20.3 Å². The third-order valence-electron chi connectivity index (χ3n) is 4.32. The Bertz CT molecular complexity index is 402. The van der Waals surface area contributed by atoms with Gasteiger partial charge in [0.1, 0.15) is 5.75 Å². The van der Waals surface area contributed by atoms with Gasteiger partial charge in [-0.1, -0.05) is 19.1 Å². The minimum absolute atomic E-state index is 0.307. The number of methoxy groups -OCH3 is 1. The van der Waals surface area contributed by atoms with Gasteiger partial charge < -0.3 is 15.2 Å². The lowest BCUT2D eigenvalue weighted by Gasteiger charge is -2.36. The van der Waals surface area contributed by atoms with Crippen LogP contribution in [0.1, 0.15) is 44.1 Å². The zero-order chi connectivity index (χ0) is 14.4. The molecular weight excluding hydrogens is 250 g/mol. The molecule has 2 N–H and O–H groups in total. The molecule has 0 radical (unpaired) electrons. The molecule has 3 heteroatoms. The molecule has 1 saturated carbocycles. The molecule has 0 aromatic heterocycles. The van der Waals surface area contributed by atoms with Crippen LogP contribution in [0.4, 0.5) is 0 Å². The second-order valence-corrected chi connectivity index (χ2v) is 6.03. The number of rotatable bonds is 8. The molecule has 3 nitrogen and oxygen atoms in total. The Hall–Kier alpha value is -1.06. The SMILES string of the molecule is COc1cccc(C2CC(NCCCC(C)CO)C2)c1. The van der Waals surface area contributed by atoms with Crippen LogP contribution in [0.2, 0.25) is 0 Å². The Labute approximate surface area is 122 Å². The highest BCUT2D eigenvalue weighted by molar-refractivity contribution is 5.32. The summed E-state index contributed by atoms with van der Waals surface area (Å²) in [4.78, 5) is 0. The van der Waals surface area contributed by atoms with Gasteiger partial charge in [-0.2, -0.15) is 0 Å². The predicted molar refractivity (Wildman–Crippen MR) is 82.2 cm³/mol. The fourth-order valence-electron chi connectivity index (χ4n) is 2.80. The summed E-state index contributed by atoms with van der Waals surface area (Å²) in [6.45, 7) is 3.48. The normalized spacial score (nSPS) is 23.1. The van der Waals surface area contributed by atoms with E-state index in [2.05, 4.69) is 30.4 Å². The first-order chi connectivity index (χ1) is 9.72. The Morgan fingerprint density at radius 3 is 2.90 bits per heavy atom. The van der Waals surface area contributed by atoms with Crippen LogP contribution in [0.15, 0.2) is 24.3 Å². The van der Waals surface area contributed by atoms with Crippen LogP contribution in [0.5, 0.6) is 5.75 Å². The van der Waals surface area contributed by atoms with Crippen molar-refractivity contribution in [2.45, 2.75) is 44.6 Å². The maximum Gasteiger partial charge on any atom is 0.119 e. The maximum atomic E-state index is 8.97. The highest BCUT2D eigenvalue weighted by Gasteiger charge is 2.29. The van der Waals surface area contributed by atoms with Crippen LogP contribution in [-0.2, 0) is 0 Å². The molecular formula is C17H27NO2. The van der Waals surface area contributed by atoms with Crippen LogP contribution >= 0.6 is 0 Å². The topological polar surface area (TPSA) is 41.5 Å². The average molecular weight is 277 g/mol. The van der Waals surface area contributed by atoms with Crippen LogP contribution in [0.3, 0.4) is 0 Å². The standard InChI is InChI=1S/C17H27NO2/c1-13(12-19)5-4-8-18-16-9-15(10-16)14-6-3-7-17(11-14)20-2/h3,6-7,11,13,15-16,18-19H,4-5,8-10,12H2,1-2H3. The van der Waals surface area contributed by atoms with Gasteiger partial charge in [0.15, 0.2) is 0 Å². The highest BCUT2D eigenvalue weighted by atomic mass is 16.5. The van der Waals surface area contributed by atoms with Gasteiger partial charge >= 0.3 is 0 Å². The number of hydrogen-bond donors (Lipinski definition) is 2. The fourth-order valence-corrected chi connectivity index (χ4v) is 2.80. The number of ether oxygens (including phenoxy) is 1. The molecule has 0 amide bonds. The van der Waals surface area contributed by atoms with E-state index in [1.54, 1.807) is 7.11 Å². The number of nitrogens with one attached hydrogen (secondary N) is 1. The minimum atomic E-state index is 0.307. The lowest BCUT2D eigenvalue weighted by atomic mass is 9.76. The Kier molecular flexibility index (Phi) is 5.86. The quantitative estimate of drug-likeness (QED) is 0.718. The molecule has 0 saturated heterocycles. The number of hydrogen-bond acceptors (Lipinski definition) is 3. The number of aliphatic hydroxyl groups is 1. The Morgan fingerprint density at radius 2 is 2.20 bits per heavy atom. The predicted octanol–water partition coefficient (Wildman–Crippen LogP) is 2.94. The van der Waals surface area contributed by atoms with Gasteiger partial charge in [-0.3, -0.25) is 0 Å². The van der Waals surface area contributed by atoms with Crippen molar-refractivity contribution in [1.29, 1.82) is 0 Å². The van der Waals surface area contributed by atoms with Crippen LogP contribution in [0, 0.1) is 5.92 Å². The summed E-state index contributed by atoms with van der Waals surface area (Å²) in [5.74, 6) is 2.07. The van der Waals surface area contributed by atoms with Gasteiger partial charge in [0.25, 0.3) is 0 Å². The first kappa shape index (κ1) is 15.3. The molecule has 1 atom stereocenters. The van der Waals surface area contributed by atoms with Gasteiger partial charge in [-0.15, -0.1) is 0 Å². The molecule has 0 bridgehead atoms. The Balaban J connectivity index is 1.64. The van der Waals surface area contributed by atoms with Crippen LogP contribution in [0.25, 0.3) is 0 Å². The smallest absolute Gasteiger partial charge is 0.119 e. The van der Waals surface area contributed by atoms with Crippen molar-refractivity contribution in [1.82, 2.24) is 5.32 Å². The first-order valence-electron chi connectivity index (χ1n) is 7.71. The van der Waals surface area contributed by atoms with Gasteiger partial charge in [0.2, 0.25) is 0 Å². The summed E-state index contributed by atoms with van der Waals surface area (Å²) in [7, 11) is 1.72. The monoisotopic (exact) mass is 277 g/mol. The zero-order valence-electron chi connectivity index (χ0n) is 12.6. The summed E-state index contributed by atoms with van der Waals surface area (Å²) in [5, 5.41) is 12.6. The Morgan fingerprint density at radius 1 is 1.40 bits per heavy atom. The number of benzene rings is 1. The molecule has 0 heterocycles. The van der Waals surface area contributed by atoms with E-state index in [0.29, 0.717) is 24.5 Å². The van der Waals surface area contributed by atoms with E-state index in [4.69, 9.17) is 9.84 Å². The third-order valence-corrected chi connectivity index (χ3v) is 4.32. The van der Waals surface area contributed by atoms with Crippen molar-refractivity contribution in [3.05, 3.63) is 29.8 Å². The summed E-state index contributed by atoms with van der Waals surface area (Å²) < 4.78 is 5.28. The second kappa shape index (κ2) is 7.65. The highest BCUT2D eigenvalue weighted by Crippen LogP contribution is 2.37. The molecule has 0 spiro atoms. The average Bonchev–Trinajstić information content (AvgIpc) is 2.44. The van der Waals surface area contributed by atoms with Gasteiger partial charge in [-0.05, 0) is 61.8 Å². The van der Waals surface area contributed by atoms with E-state index in [0.717, 1.165) is 25.1 Å². The van der Waals surface area contributed by atoms with E-state index in [9.17, 15) is 0 Å². The molecule has 2 rings (SSSR count). The van der Waals surface area contributed by atoms with Crippen LogP contribution < -0.4 is 10.1 Å². The first-order valence-corrected chi connectivity index (χ1v) is 7.71.